The van der Waals surface area contributed by atoms with E-state index in [9.17, 15) is 19.3 Å². The fourth-order valence-corrected chi connectivity index (χ4v) is 2.77. The topological polar surface area (TPSA) is 103 Å². The van der Waals surface area contributed by atoms with Gasteiger partial charge in [-0.3, -0.25) is 14.9 Å². The zero-order valence-electron chi connectivity index (χ0n) is 14.8. The Bertz CT molecular complexity index is 1200. The largest absolute Gasteiger partial charge is 0.463 e. The van der Waals surface area contributed by atoms with Crippen LogP contribution in [0.4, 0.5) is 15.8 Å². The molecule has 0 atom stereocenters. The third-order valence-electron chi connectivity index (χ3n) is 4.12. The van der Waals surface area contributed by atoms with Gasteiger partial charge in [0.05, 0.1) is 22.6 Å². The van der Waals surface area contributed by atoms with Crippen LogP contribution in [0.2, 0.25) is 0 Å². The lowest BCUT2D eigenvalue weighted by Crippen LogP contribution is -2.17. The number of nitro benzene ring substituents is 1. The van der Waals surface area contributed by atoms with Crippen molar-refractivity contribution in [3.63, 3.8) is 0 Å². The summed E-state index contributed by atoms with van der Waals surface area (Å²) in [6.07, 6.45) is 1.46. The van der Waals surface area contributed by atoms with Gasteiger partial charge in [-0.2, -0.15) is 5.10 Å². The maximum absolute atomic E-state index is 13.9. The molecule has 0 aliphatic rings. The number of nitrogens with zero attached hydrogens (tertiary/aromatic N) is 3. The normalized spacial score (nSPS) is 10.7. The minimum Gasteiger partial charge on any atom is -0.463 e. The number of non-ortho nitro benzene ring substituents is 1. The number of hydrogen-bond acceptors (Lipinski definition) is 5. The second-order valence-electron chi connectivity index (χ2n) is 6.01. The molecule has 0 aliphatic carbocycles. The van der Waals surface area contributed by atoms with Crippen molar-refractivity contribution in [1.82, 2.24) is 9.78 Å². The van der Waals surface area contributed by atoms with Crippen molar-refractivity contribution in [3.05, 3.63) is 94.6 Å². The predicted octanol–water partition coefficient (Wildman–Crippen LogP) is 4.43. The molecule has 0 unspecified atom stereocenters. The first kappa shape index (κ1) is 18.1. The zero-order chi connectivity index (χ0) is 20.4. The van der Waals surface area contributed by atoms with E-state index in [0.717, 1.165) is 0 Å². The SMILES string of the molecule is O=C(Nc1ccccc1F)c1cc(-c2ccco2)nn1-c1cccc([N+](=O)[O-])c1. The average Bonchev–Trinajstić information content (AvgIpc) is 3.39. The van der Waals surface area contributed by atoms with Crippen LogP contribution < -0.4 is 5.32 Å². The van der Waals surface area contributed by atoms with E-state index in [1.54, 1.807) is 24.3 Å². The summed E-state index contributed by atoms with van der Waals surface area (Å²) < 4.78 is 20.5. The molecule has 144 valence electrons. The zero-order valence-corrected chi connectivity index (χ0v) is 14.8. The lowest BCUT2D eigenvalue weighted by molar-refractivity contribution is -0.384. The Morgan fingerprint density at radius 2 is 1.93 bits per heavy atom. The van der Waals surface area contributed by atoms with Crippen molar-refractivity contribution in [2.24, 2.45) is 0 Å². The van der Waals surface area contributed by atoms with Crippen molar-refractivity contribution in [1.29, 1.82) is 0 Å². The highest BCUT2D eigenvalue weighted by Gasteiger charge is 2.21. The van der Waals surface area contributed by atoms with Crippen molar-refractivity contribution in [3.8, 4) is 17.1 Å². The summed E-state index contributed by atoms with van der Waals surface area (Å²) in [7, 11) is 0. The number of carbonyl (C=O) groups excluding carboxylic acids is 1. The Hall–Kier alpha value is -4.27. The van der Waals surface area contributed by atoms with Crippen LogP contribution in [0.25, 0.3) is 17.1 Å². The number of amides is 1. The molecule has 1 N–H and O–H groups in total. The standard InChI is InChI=1S/C20H13FN4O4/c21-15-7-1-2-8-16(15)22-20(26)18-12-17(19-9-4-10-29-19)23-24(18)13-5-3-6-14(11-13)25(27)28/h1-12H,(H,22,26). The molecule has 8 nitrogen and oxygen atoms in total. The van der Waals surface area contributed by atoms with Crippen LogP contribution in [0.15, 0.2) is 77.4 Å². The van der Waals surface area contributed by atoms with Crippen LogP contribution in [0, 0.1) is 15.9 Å². The van der Waals surface area contributed by atoms with Gasteiger partial charge in [0.1, 0.15) is 17.2 Å². The lowest BCUT2D eigenvalue weighted by atomic mass is 10.2. The minimum absolute atomic E-state index is 0.00356. The molecule has 2 aromatic carbocycles. The number of halogens is 1. The molecule has 2 aromatic heterocycles. The number of anilines is 1. The number of rotatable bonds is 5. The Balaban J connectivity index is 1.80. The van der Waals surface area contributed by atoms with Crippen molar-refractivity contribution in [2.75, 3.05) is 5.32 Å². The number of furan rings is 1. The van der Waals surface area contributed by atoms with Gasteiger partial charge in [0.25, 0.3) is 11.6 Å². The number of carbonyl (C=O) groups is 1. The van der Waals surface area contributed by atoms with Crippen LogP contribution in [0.3, 0.4) is 0 Å². The highest BCUT2D eigenvalue weighted by Crippen LogP contribution is 2.25. The van der Waals surface area contributed by atoms with E-state index >= 15 is 0 Å². The van der Waals surface area contributed by atoms with Gasteiger partial charge in [0.2, 0.25) is 0 Å². The van der Waals surface area contributed by atoms with Gasteiger partial charge in [-0.15, -0.1) is 0 Å². The quantitative estimate of drug-likeness (QED) is 0.400. The highest BCUT2D eigenvalue weighted by atomic mass is 19.1. The molecular weight excluding hydrogens is 379 g/mol. The molecule has 0 radical (unpaired) electrons. The van der Waals surface area contributed by atoms with E-state index in [0.29, 0.717) is 17.1 Å². The summed E-state index contributed by atoms with van der Waals surface area (Å²) in [6, 6.07) is 16.2. The van der Waals surface area contributed by atoms with Gasteiger partial charge in [-0.1, -0.05) is 18.2 Å². The van der Waals surface area contributed by atoms with Crippen molar-refractivity contribution < 1.29 is 18.5 Å². The number of aromatic nitrogens is 2. The van der Waals surface area contributed by atoms with Crippen LogP contribution >= 0.6 is 0 Å². The number of nitro groups is 1. The Kier molecular flexibility index (Phi) is 4.62. The van der Waals surface area contributed by atoms with Gasteiger partial charge < -0.3 is 9.73 Å². The van der Waals surface area contributed by atoms with E-state index in [4.69, 9.17) is 4.42 Å². The second kappa shape index (κ2) is 7.39. The molecule has 0 fully saturated rings. The summed E-state index contributed by atoms with van der Waals surface area (Å²) in [6.45, 7) is 0. The van der Waals surface area contributed by atoms with E-state index in [-0.39, 0.29) is 17.1 Å². The monoisotopic (exact) mass is 392 g/mol. The fraction of sp³-hybridized carbons (Fsp3) is 0. The molecule has 0 bridgehead atoms. The molecule has 9 heteroatoms. The molecule has 0 saturated carbocycles. The lowest BCUT2D eigenvalue weighted by Gasteiger charge is -2.09. The van der Waals surface area contributed by atoms with E-state index in [1.165, 1.54) is 53.4 Å². The molecule has 0 saturated heterocycles. The van der Waals surface area contributed by atoms with E-state index in [2.05, 4.69) is 10.4 Å². The van der Waals surface area contributed by atoms with Crippen molar-refractivity contribution in [2.45, 2.75) is 0 Å². The first-order valence-corrected chi connectivity index (χ1v) is 8.47. The third-order valence-corrected chi connectivity index (χ3v) is 4.12. The molecule has 4 rings (SSSR count). The third kappa shape index (κ3) is 3.61. The van der Waals surface area contributed by atoms with Crippen LogP contribution in [0.1, 0.15) is 10.5 Å². The maximum atomic E-state index is 13.9. The van der Waals surface area contributed by atoms with Gasteiger partial charge in [-0.25, -0.2) is 9.07 Å². The number of benzene rings is 2. The molecule has 0 spiro atoms. The number of hydrogen-bond donors (Lipinski definition) is 1. The predicted molar refractivity (Wildman–Crippen MR) is 102 cm³/mol. The van der Waals surface area contributed by atoms with Crippen LogP contribution in [-0.2, 0) is 0 Å². The van der Waals surface area contributed by atoms with Crippen molar-refractivity contribution >= 4 is 17.3 Å². The Morgan fingerprint density at radius 1 is 1.10 bits per heavy atom. The summed E-state index contributed by atoms with van der Waals surface area (Å²) >= 11 is 0. The summed E-state index contributed by atoms with van der Waals surface area (Å²) in [5.41, 5.74) is 0.554. The molecule has 2 heterocycles. The Labute approximate surface area is 163 Å². The van der Waals surface area contributed by atoms with E-state index < -0.39 is 16.6 Å². The highest BCUT2D eigenvalue weighted by molar-refractivity contribution is 6.04. The van der Waals surface area contributed by atoms with Crippen LogP contribution in [0.5, 0.6) is 0 Å². The number of nitrogens with one attached hydrogen (secondary N) is 1. The van der Waals surface area contributed by atoms with E-state index in [1.807, 2.05) is 0 Å². The minimum atomic E-state index is -0.632. The molecule has 1 amide bonds. The molecule has 29 heavy (non-hydrogen) atoms. The van der Waals surface area contributed by atoms with Gasteiger partial charge in [0.15, 0.2) is 5.76 Å². The van der Waals surface area contributed by atoms with Gasteiger partial charge in [-0.05, 0) is 30.3 Å². The first-order valence-electron chi connectivity index (χ1n) is 8.47. The summed E-state index contributed by atoms with van der Waals surface area (Å²) in [5.74, 6) is -0.811. The Morgan fingerprint density at radius 3 is 2.66 bits per heavy atom. The van der Waals surface area contributed by atoms with Gasteiger partial charge in [0, 0.05) is 18.2 Å². The molecular formula is C20H13FN4O4. The van der Waals surface area contributed by atoms with Crippen LogP contribution in [-0.4, -0.2) is 20.6 Å². The van der Waals surface area contributed by atoms with Gasteiger partial charge >= 0.3 is 0 Å². The average molecular weight is 392 g/mol. The summed E-state index contributed by atoms with van der Waals surface area (Å²) in [4.78, 5) is 23.4. The molecule has 0 aliphatic heterocycles. The maximum Gasteiger partial charge on any atom is 0.274 e. The first-order chi connectivity index (χ1) is 14.0. The smallest absolute Gasteiger partial charge is 0.274 e. The second-order valence-corrected chi connectivity index (χ2v) is 6.01. The molecule has 4 aromatic rings. The summed E-state index contributed by atoms with van der Waals surface area (Å²) in [5, 5.41) is 18.0. The fourth-order valence-electron chi connectivity index (χ4n) is 2.77. The number of para-hydroxylation sites is 1.